The van der Waals surface area contributed by atoms with Crippen LogP contribution in [0.15, 0.2) is 0 Å². The van der Waals surface area contributed by atoms with Gasteiger partial charge in [-0.1, -0.05) is 24.7 Å². The number of hydrogen-bond acceptors (Lipinski definition) is 4. The lowest BCUT2D eigenvalue weighted by atomic mass is 9.87. The maximum absolute atomic E-state index is 4.41. The van der Waals surface area contributed by atoms with Crippen LogP contribution in [0.2, 0.25) is 0 Å². The van der Waals surface area contributed by atoms with Gasteiger partial charge in [0.15, 0.2) is 0 Å². The summed E-state index contributed by atoms with van der Waals surface area (Å²) in [6.45, 7) is 2.19. The highest BCUT2D eigenvalue weighted by Gasteiger charge is 2.39. The maximum Gasteiger partial charge on any atom is 0.134 e. The Bertz CT molecular complexity index is 399. The molecule has 0 amide bonds. The van der Waals surface area contributed by atoms with Crippen molar-refractivity contribution in [2.45, 2.75) is 51.5 Å². The molecule has 0 aliphatic heterocycles. The van der Waals surface area contributed by atoms with Gasteiger partial charge in [-0.05, 0) is 50.5 Å². The number of fused-ring (bicyclic) bond motifs is 2. The molecule has 2 aliphatic carbocycles. The normalized spacial score (nSPS) is 32.0. The molecule has 1 N–H and O–H groups in total. The van der Waals surface area contributed by atoms with Crippen LogP contribution in [0.25, 0.3) is 0 Å². The zero-order valence-corrected chi connectivity index (χ0v) is 12.2. The summed E-state index contributed by atoms with van der Waals surface area (Å²) < 4.78 is 0. The van der Waals surface area contributed by atoms with Crippen molar-refractivity contribution in [2.75, 3.05) is 7.05 Å². The zero-order valence-electron chi connectivity index (χ0n) is 11.4. The van der Waals surface area contributed by atoms with E-state index in [4.69, 9.17) is 0 Å². The van der Waals surface area contributed by atoms with Crippen LogP contribution in [0, 0.1) is 17.8 Å². The van der Waals surface area contributed by atoms with E-state index < -0.39 is 0 Å². The molecule has 2 fully saturated rings. The molecule has 1 aromatic heterocycles. The van der Waals surface area contributed by atoms with Gasteiger partial charge < -0.3 is 5.32 Å². The van der Waals surface area contributed by atoms with Gasteiger partial charge in [-0.2, -0.15) is 0 Å². The molecule has 1 heterocycles. The lowest BCUT2D eigenvalue weighted by Gasteiger charge is -2.19. The number of aromatic nitrogens is 2. The van der Waals surface area contributed by atoms with Gasteiger partial charge in [0.25, 0.3) is 0 Å². The zero-order chi connectivity index (χ0) is 12.5. The summed E-state index contributed by atoms with van der Waals surface area (Å²) in [6.07, 6.45) is 8.15. The fourth-order valence-electron chi connectivity index (χ4n) is 3.84. The fourth-order valence-corrected chi connectivity index (χ4v) is 4.97. The third-order valence-corrected chi connectivity index (χ3v) is 5.92. The number of rotatable bonds is 5. The van der Waals surface area contributed by atoms with Crippen molar-refractivity contribution in [3.63, 3.8) is 0 Å². The molecule has 0 spiro atoms. The smallest absolute Gasteiger partial charge is 0.134 e. The first-order chi connectivity index (χ1) is 8.80. The summed E-state index contributed by atoms with van der Waals surface area (Å²) in [4.78, 5) is 0. The molecule has 3 nitrogen and oxygen atoms in total. The molecule has 3 rings (SSSR count). The molecule has 0 aromatic carbocycles. The third kappa shape index (κ3) is 2.32. The Balaban J connectivity index is 1.63. The van der Waals surface area contributed by atoms with Crippen LogP contribution < -0.4 is 5.32 Å². The van der Waals surface area contributed by atoms with Gasteiger partial charge in [0.2, 0.25) is 0 Å². The van der Waals surface area contributed by atoms with Crippen molar-refractivity contribution in [1.29, 1.82) is 0 Å². The average Bonchev–Trinajstić information content (AvgIpc) is 3.07. The highest BCUT2D eigenvalue weighted by Crippen LogP contribution is 2.49. The summed E-state index contributed by atoms with van der Waals surface area (Å²) in [5.74, 6) is 2.93. The molecule has 4 heteroatoms. The SMILES string of the molecule is CCC(NC)c1nnc(CC2CC3CCC2C3)s1. The van der Waals surface area contributed by atoms with E-state index in [2.05, 4.69) is 22.4 Å². The van der Waals surface area contributed by atoms with Crippen LogP contribution in [-0.2, 0) is 6.42 Å². The van der Waals surface area contributed by atoms with Crippen molar-refractivity contribution >= 4 is 11.3 Å². The highest BCUT2D eigenvalue weighted by atomic mass is 32.1. The molecule has 100 valence electrons. The van der Waals surface area contributed by atoms with Gasteiger partial charge in [-0.25, -0.2) is 0 Å². The predicted molar refractivity (Wildman–Crippen MR) is 74.6 cm³/mol. The van der Waals surface area contributed by atoms with E-state index in [-0.39, 0.29) is 0 Å². The van der Waals surface area contributed by atoms with E-state index in [0.717, 1.165) is 29.2 Å². The minimum atomic E-state index is 0.385. The van der Waals surface area contributed by atoms with Gasteiger partial charge >= 0.3 is 0 Å². The molecule has 1 aromatic rings. The molecule has 2 bridgehead atoms. The molecule has 0 radical (unpaired) electrons. The summed E-state index contributed by atoms with van der Waals surface area (Å²) in [6, 6.07) is 0.385. The molecule has 2 aliphatic rings. The van der Waals surface area contributed by atoms with Crippen molar-refractivity contribution in [2.24, 2.45) is 17.8 Å². The van der Waals surface area contributed by atoms with Crippen molar-refractivity contribution < 1.29 is 0 Å². The lowest BCUT2D eigenvalue weighted by Crippen LogP contribution is -2.14. The molecule has 18 heavy (non-hydrogen) atoms. The summed E-state index contributed by atoms with van der Waals surface area (Å²) >= 11 is 1.82. The van der Waals surface area contributed by atoms with Crippen molar-refractivity contribution in [3.05, 3.63) is 10.0 Å². The largest absolute Gasteiger partial charge is 0.311 e. The quantitative estimate of drug-likeness (QED) is 0.888. The van der Waals surface area contributed by atoms with E-state index >= 15 is 0 Å². The van der Waals surface area contributed by atoms with E-state index in [1.165, 1.54) is 37.1 Å². The summed E-state index contributed by atoms with van der Waals surface area (Å²) in [5, 5.41) is 14.5. The van der Waals surface area contributed by atoms with Crippen LogP contribution in [-0.4, -0.2) is 17.2 Å². The van der Waals surface area contributed by atoms with Crippen molar-refractivity contribution in [1.82, 2.24) is 15.5 Å². The monoisotopic (exact) mass is 265 g/mol. The minimum Gasteiger partial charge on any atom is -0.311 e. The van der Waals surface area contributed by atoms with Gasteiger partial charge in [0.05, 0.1) is 6.04 Å². The van der Waals surface area contributed by atoms with Gasteiger partial charge in [-0.3, -0.25) is 0 Å². The minimum absolute atomic E-state index is 0.385. The van der Waals surface area contributed by atoms with Gasteiger partial charge in [-0.15, -0.1) is 10.2 Å². The van der Waals surface area contributed by atoms with Crippen LogP contribution in [0.4, 0.5) is 0 Å². The van der Waals surface area contributed by atoms with E-state index in [0.29, 0.717) is 6.04 Å². The van der Waals surface area contributed by atoms with Crippen LogP contribution in [0.1, 0.15) is 55.1 Å². The van der Waals surface area contributed by atoms with Crippen LogP contribution >= 0.6 is 11.3 Å². The van der Waals surface area contributed by atoms with Crippen LogP contribution in [0.3, 0.4) is 0 Å². The second-order valence-corrected chi connectivity index (χ2v) is 7.02. The predicted octanol–water partition coefficient (Wildman–Crippen LogP) is 3.19. The Hall–Kier alpha value is -0.480. The van der Waals surface area contributed by atoms with E-state index in [1.54, 1.807) is 0 Å². The summed E-state index contributed by atoms with van der Waals surface area (Å²) in [5.41, 5.74) is 0. The Morgan fingerprint density at radius 3 is 2.83 bits per heavy atom. The Labute approximate surface area is 113 Å². The molecular formula is C14H23N3S. The maximum atomic E-state index is 4.41. The number of nitrogens with zero attached hydrogens (tertiary/aromatic N) is 2. The lowest BCUT2D eigenvalue weighted by molar-refractivity contribution is 0.330. The van der Waals surface area contributed by atoms with Crippen LogP contribution in [0.5, 0.6) is 0 Å². The molecular weight excluding hydrogens is 242 g/mol. The topological polar surface area (TPSA) is 37.8 Å². The number of nitrogens with one attached hydrogen (secondary N) is 1. The average molecular weight is 265 g/mol. The second kappa shape index (κ2) is 5.25. The second-order valence-electron chi connectivity index (χ2n) is 5.92. The number of hydrogen-bond donors (Lipinski definition) is 1. The van der Waals surface area contributed by atoms with Crippen molar-refractivity contribution in [3.8, 4) is 0 Å². The highest BCUT2D eigenvalue weighted by molar-refractivity contribution is 7.11. The third-order valence-electron chi connectivity index (χ3n) is 4.86. The first-order valence-electron chi connectivity index (χ1n) is 7.29. The summed E-state index contributed by atoms with van der Waals surface area (Å²) in [7, 11) is 2.01. The van der Waals surface area contributed by atoms with Gasteiger partial charge in [0.1, 0.15) is 10.0 Å². The Kier molecular flexibility index (Phi) is 3.66. The molecule has 4 unspecified atom stereocenters. The molecule has 2 saturated carbocycles. The standard InChI is InChI=1S/C14H23N3S/c1-3-12(15-2)14-17-16-13(18-14)8-11-7-9-4-5-10(11)6-9/h9-12,15H,3-8H2,1-2H3. The first kappa shape index (κ1) is 12.5. The fraction of sp³-hybridized carbons (Fsp3) is 0.857. The first-order valence-corrected chi connectivity index (χ1v) is 8.11. The van der Waals surface area contributed by atoms with E-state index in [9.17, 15) is 0 Å². The Morgan fingerprint density at radius 2 is 2.22 bits per heavy atom. The molecule has 0 saturated heterocycles. The molecule has 4 atom stereocenters. The van der Waals surface area contributed by atoms with E-state index in [1.807, 2.05) is 18.4 Å². The van der Waals surface area contributed by atoms with Gasteiger partial charge in [0, 0.05) is 6.42 Å². The Morgan fingerprint density at radius 1 is 1.33 bits per heavy atom.